The number of hydrogen-bond donors (Lipinski definition) is 1. The first kappa shape index (κ1) is 18.4. The Morgan fingerprint density at radius 2 is 1.92 bits per heavy atom. The van der Waals surface area contributed by atoms with Gasteiger partial charge in [0.25, 0.3) is 5.91 Å². The third-order valence-corrected chi connectivity index (χ3v) is 4.19. The van der Waals surface area contributed by atoms with E-state index in [1.165, 1.54) is 0 Å². The second-order valence-electron chi connectivity index (χ2n) is 5.99. The number of aryl methyl sites for hydroxylation is 1. The van der Waals surface area contributed by atoms with E-state index in [-0.39, 0.29) is 24.5 Å². The minimum absolute atomic E-state index is 0.0473. The van der Waals surface area contributed by atoms with Crippen LogP contribution in [0, 0.1) is 6.92 Å². The number of ether oxygens (including phenoxy) is 2. The smallest absolute Gasteiger partial charge is 0.254 e. The molecule has 132 valence electrons. The van der Waals surface area contributed by atoms with E-state index in [1.54, 1.807) is 7.11 Å². The van der Waals surface area contributed by atoms with Gasteiger partial charge >= 0.3 is 0 Å². The van der Waals surface area contributed by atoms with E-state index in [1.807, 2.05) is 36.1 Å². The van der Waals surface area contributed by atoms with Crippen LogP contribution in [0.5, 0.6) is 0 Å². The fourth-order valence-corrected chi connectivity index (χ4v) is 2.79. The topological polar surface area (TPSA) is 67.9 Å². The minimum Gasteiger partial charge on any atom is -0.382 e. The second-order valence-corrected chi connectivity index (χ2v) is 5.99. The summed E-state index contributed by atoms with van der Waals surface area (Å²) in [5.41, 5.74) is 1.75. The van der Waals surface area contributed by atoms with E-state index >= 15 is 0 Å². The second kappa shape index (κ2) is 9.39. The van der Waals surface area contributed by atoms with Crippen LogP contribution in [0.1, 0.15) is 28.8 Å². The Hall–Kier alpha value is -1.92. The highest BCUT2D eigenvalue weighted by Gasteiger charge is 2.25. The predicted molar refractivity (Wildman–Crippen MR) is 90.9 cm³/mol. The number of amides is 2. The highest BCUT2D eigenvalue weighted by atomic mass is 16.5. The average molecular weight is 334 g/mol. The van der Waals surface area contributed by atoms with Crippen LogP contribution in [0.4, 0.5) is 0 Å². The summed E-state index contributed by atoms with van der Waals surface area (Å²) in [5.74, 6) is -0.0458. The third kappa shape index (κ3) is 5.32. The summed E-state index contributed by atoms with van der Waals surface area (Å²) in [6.45, 7) is 4.20. The fraction of sp³-hybridized carbons (Fsp3) is 0.556. The summed E-state index contributed by atoms with van der Waals surface area (Å²) in [6, 6.07) is 7.73. The quantitative estimate of drug-likeness (QED) is 0.765. The largest absolute Gasteiger partial charge is 0.382 e. The molecule has 0 unspecified atom stereocenters. The number of rotatable bonds is 7. The molecule has 0 aliphatic carbocycles. The van der Waals surface area contributed by atoms with Crippen molar-refractivity contribution in [2.45, 2.75) is 25.8 Å². The van der Waals surface area contributed by atoms with Crippen LogP contribution in [0.2, 0.25) is 0 Å². The summed E-state index contributed by atoms with van der Waals surface area (Å²) < 4.78 is 10.1. The zero-order valence-electron chi connectivity index (χ0n) is 14.4. The lowest BCUT2D eigenvalue weighted by Gasteiger charge is -2.32. The fourth-order valence-electron chi connectivity index (χ4n) is 2.79. The molecular formula is C18H26N2O4. The van der Waals surface area contributed by atoms with Gasteiger partial charge in [-0.1, -0.05) is 18.2 Å². The monoisotopic (exact) mass is 334 g/mol. The van der Waals surface area contributed by atoms with Crippen molar-refractivity contribution in [3.8, 4) is 0 Å². The average Bonchev–Trinajstić information content (AvgIpc) is 2.59. The predicted octanol–water partition coefficient (Wildman–Crippen LogP) is 1.38. The molecule has 0 atom stereocenters. The molecule has 6 nitrogen and oxygen atoms in total. The maximum Gasteiger partial charge on any atom is 0.254 e. The molecule has 1 aliphatic heterocycles. The molecule has 0 spiro atoms. The van der Waals surface area contributed by atoms with Gasteiger partial charge in [0.15, 0.2) is 0 Å². The number of carbonyl (C=O) groups excluding carboxylic acids is 2. The van der Waals surface area contributed by atoms with Crippen LogP contribution in [0.3, 0.4) is 0 Å². The molecule has 6 heteroatoms. The number of benzene rings is 1. The molecule has 1 saturated heterocycles. The van der Waals surface area contributed by atoms with Crippen molar-refractivity contribution in [3.63, 3.8) is 0 Å². The van der Waals surface area contributed by atoms with E-state index in [2.05, 4.69) is 5.32 Å². The molecule has 1 fully saturated rings. The lowest BCUT2D eigenvalue weighted by Crippen LogP contribution is -2.47. The van der Waals surface area contributed by atoms with E-state index in [4.69, 9.17) is 9.47 Å². The first-order valence-electron chi connectivity index (χ1n) is 8.32. The van der Waals surface area contributed by atoms with Crippen LogP contribution in [0.25, 0.3) is 0 Å². The van der Waals surface area contributed by atoms with E-state index < -0.39 is 0 Å². The van der Waals surface area contributed by atoms with Gasteiger partial charge in [0, 0.05) is 31.8 Å². The number of hydrogen-bond acceptors (Lipinski definition) is 4. The number of nitrogens with one attached hydrogen (secondary N) is 1. The number of likely N-dealkylation sites (tertiary alicyclic amines) is 1. The third-order valence-electron chi connectivity index (χ3n) is 4.19. The molecule has 2 rings (SSSR count). The first-order valence-corrected chi connectivity index (χ1v) is 8.32. The van der Waals surface area contributed by atoms with Gasteiger partial charge in [-0.3, -0.25) is 9.59 Å². The Balaban J connectivity index is 1.74. The van der Waals surface area contributed by atoms with Crippen molar-refractivity contribution in [1.82, 2.24) is 10.2 Å². The normalized spacial score (nSPS) is 15.3. The van der Waals surface area contributed by atoms with Crippen LogP contribution in [-0.2, 0) is 14.3 Å². The lowest BCUT2D eigenvalue weighted by atomic mass is 10.0. The highest BCUT2D eigenvalue weighted by Crippen LogP contribution is 2.16. The van der Waals surface area contributed by atoms with Gasteiger partial charge in [-0.2, -0.15) is 0 Å². The molecule has 1 heterocycles. The van der Waals surface area contributed by atoms with Crippen LogP contribution in [-0.4, -0.2) is 62.8 Å². The molecule has 1 aromatic rings. The van der Waals surface area contributed by atoms with Crippen molar-refractivity contribution in [3.05, 3.63) is 35.4 Å². The van der Waals surface area contributed by atoms with Crippen LogP contribution >= 0.6 is 0 Å². The molecule has 24 heavy (non-hydrogen) atoms. The Labute approximate surface area is 143 Å². The summed E-state index contributed by atoms with van der Waals surface area (Å²) in [7, 11) is 1.59. The van der Waals surface area contributed by atoms with Gasteiger partial charge in [-0.05, 0) is 31.4 Å². The van der Waals surface area contributed by atoms with Gasteiger partial charge in [-0.25, -0.2) is 0 Å². The maximum absolute atomic E-state index is 12.6. The van der Waals surface area contributed by atoms with Crippen LogP contribution in [0.15, 0.2) is 24.3 Å². The van der Waals surface area contributed by atoms with E-state index in [0.29, 0.717) is 26.3 Å². The van der Waals surface area contributed by atoms with Crippen molar-refractivity contribution in [1.29, 1.82) is 0 Å². The molecule has 1 aliphatic rings. The van der Waals surface area contributed by atoms with Gasteiger partial charge in [-0.15, -0.1) is 0 Å². The Kier molecular flexibility index (Phi) is 7.21. The Morgan fingerprint density at radius 3 is 2.58 bits per heavy atom. The van der Waals surface area contributed by atoms with Crippen LogP contribution < -0.4 is 5.32 Å². The summed E-state index contributed by atoms with van der Waals surface area (Å²) >= 11 is 0. The molecule has 2 amide bonds. The Morgan fingerprint density at radius 1 is 1.21 bits per heavy atom. The molecule has 1 N–H and O–H groups in total. The number of piperidine rings is 1. The van der Waals surface area contributed by atoms with E-state index in [9.17, 15) is 9.59 Å². The molecule has 1 aromatic carbocycles. The summed E-state index contributed by atoms with van der Waals surface area (Å²) in [6.07, 6.45) is 1.53. The number of carbonyl (C=O) groups is 2. The van der Waals surface area contributed by atoms with E-state index in [0.717, 1.165) is 24.0 Å². The van der Waals surface area contributed by atoms with Crippen molar-refractivity contribution in [2.24, 2.45) is 0 Å². The van der Waals surface area contributed by atoms with Gasteiger partial charge in [0.2, 0.25) is 5.91 Å². The van der Waals surface area contributed by atoms with Crippen molar-refractivity contribution < 1.29 is 19.1 Å². The number of methoxy groups -OCH3 is 1. The lowest BCUT2D eigenvalue weighted by molar-refractivity contribution is -0.127. The number of nitrogens with zero attached hydrogens (tertiary/aromatic N) is 1. The van der Waals surface area contributed by atoms with Gasteiger partial charge in [0.05, 0.1) is 13.2 Å². The van der Waals surface area contributed by atoms with Crippen molar-refractivity contribution >= 4 is 11.8 Å². The van der Waals surface area contributed by atoms with Gasteiger partial charge < -0.3 is 19.7 Å². The molecule has 0 saturated carbocycles. The minimum atomic E-state index is -0.116. The molecule has 0 bridgehead atoms. The van der Waals surface area contributed by atoms with Gasteiger partial charge in [0.1, 0.15) is 6.61 Å². The standard InChI is InChI=1S/C18H26N2O4/c1-14-5-3-4-6-16(14)18(22)20-9-7-15(8-10-20)19-17(21)13-24-12-11-23-2/h3-6,15H,7-13H2,1-2H3,(H,19,21). The highest BCUT2D eigenvalue weighted by molar-refractivity contribution is 5.95. The first-order chi connectivity index (χ1) is 11.6. The molecule has 0 radical (unpaired) electrons. The molecular weight excluding hydrogens is 308 g/mol. The zero-order valence-corrected chi connectivity index (χ0v) is 14.4. The van der Waals surface area contributed by atoms with Crippen molar-refractivity contribution in [2.75, 3.05) is 40.0 Å². The Bertz CT molecular complexity index is 554. The molecule has 0 aromatic heterocycles. The maximum atomic E-state index is 12.6. The summed E-state index contributed by atoms with van der Waals surface area (Å²) in [4.78, 5) is 26.2. The summed E-state index contributed by atoms with van der Waals surface area (Å²) in [5, 5.41) is 2.96. The zero-order chi connectivity index (χ0) is 17.4. The SMILES string of the molecule is COCCOCC(=O)NC1CCN(C(=O)c2ccccc2C)CC1.